The van der Waals surface area contributed by atoms with E-state index in [1.54, 1.807) is 6.20 Å². The summed E-state index contributed by atoms with van der Waals surface area (Å²) in [6.07, 6.45) is 5.20. The Morgan fingerprint density at radius 1 is 1.33 bits per heavy atom. The molecule has 110 valence electrons. The summed E-state index contributed by atoms with van der Waals surface area (Å²) in [6, 6.07) is 8.12. The van der Waals surface area contributed by atoms with E-state index in [-0.39, 0.29) is 5.91 Å². The minimum Gasteiger partial charge on any atom is -0.441 e. The fraction of sp³-hybridized carbons (Fsp3) is 0.412. The molecule has 4 nitrogen and oxygen atoms in total. The average Bonchev–Trinajstić information content (AvgIpc) is 3.20. The van der Waals surface area contributed by atoms with Crippen LogP contribution in [0.2, 0.25) is 0 Å². The molecule has 0 radical (unpaired) electrons. The number of hydrogen-bond acceptors (Lipinski definition) is 3. The second-order valence-corrected chi connectivity index (χ2v) is 5.73. The van der Waals surface area contributed by atoms with Gasteiger partial charge in [-0.05, 0) is 25.7 Å². The van der Waals surface area contributed by atoms with E-state index in [0.29, 0.717) is 24.7 Å². The zero-order chi connectivity index (χ0) is 14.7. The minimum atomic E-state index is 0.0805. The van der Waals surface area contributed by atoms with E-state index in [0.717, 1.165) is 17.9 Å². The van der Waals surface area contributed by atoms with Gasteiger partial charge in [-0.15, -0.1) is 0 Å². The highest BCUT2D eigenvalue weighted by atomic mass is 16.4. The van der Waals surface area contributed by atoms with Gasteiger partial charge < -0.3 is 9.73 Å². The lowest BCUT2D eigenvalue weighted by Gasteiger charge is -2.02. The summed E-state index contributed by atoms with van der Waals surface area (Å²) in [5, 5.41) is 2.95. The van der Waals surface area contributed by atoms with Gasteiger partial charge in [-0.25, -0.2) is 4.98 Å². The van der Waals surface area contributed by atoms with Gasteiger partial charge in [0.05, 0.1) is 6.20 Å². The van der Waals surface area contributed by atoms with Gasteiger partial charge in [0.2, 0.25) is 5.91 Å². The third-order valence-electron chi connectivity index (χ3n) is 3.74. The van der Waals surface area contributed by atoms with Crippen LogP contribution in [-0.4, -0.2) is 17.4 Å². The minimum absolute atomic E-state index is 0.0805. The number of oxazole rings is 1. The van der Waals surface area contributed by atoms with Crippen molar-refractivity contribution >= 4 is 5.91 Å². The van der Waals surface area contributed by atoms with Gasteiger partial charge >= 0.3 is 0 Å². The Balaban J connectivity index is 1.52. The maximum Gasteiger partial charge on any atom is 0.220 e. The second-order valence-electron chi connectivity index (χ2n) is 5.73. The van der Waals surface area contributed by atoms with Crippen LogP contribution in [-0.2, 0) is 11.2 Å². The van der Waals surface area contributed by atoms with Gasteiger partial charge in [-0.3, -0.25) is 4.79 Å². The first-order chi connectivity index (χ1) is 10.2. The molecule has 1 aromatic heterocycles. The van der Waals surface area contributed by atoms with Gasteiger partial charge in [0.15, 0.2) is 11.7 Å². The van der Waals surface area contributed by atoms with Gasteiger partial charge in [-0.1, -0.05) is 29.8 Å². The third kappa shape index (κ3) is 3.94. The molecule has 0 unspecified atom stereocenters. The van der Waals surface area contributed by atoms with Gasteiger partial charge in [-0.2, -0.15) is 0 Å². The van der Waals surface area contributed by atoms with Crippen LogP contribution in [0.5, 0.6) is 0 Å². The highest BCUT2D eigenvalue weighted by Crippen LogP contribution is 2.27. The molecular weight excluding hydrogens is 264 g/mol. The number of aromatic nitrogens is 1. The SMILES string of the molecule is Cc1ccc(-c2cnc(CCC(=O)NCC3CC3)o2)cc1. The first kappa shape index (κ1) is 13.9. The highest BCUT2D eigenvalue weighted by Gasteiger charge is 2.21. The van der Waals surface area contributed by atoms with Crippen LogP contribution < -0.4 is 5.32 Å². The zero-order valence-electron chi connectivity index (χ0n) is 12.3. The van der Waals surface area contributed by atoms with Crippen molar-refractivity contribution in [1.29, 1.82) is 0 Å². The largest absolute Gasteiger partial charge is 0.441 e. The van der Waals surface area contributed by atoms with E-state index in [1.165, 1.54) is 18.4 Å². The number of hydrogen-bond donors (Lipinski definition) is 1. The lowest BCUT2D eigenvalue weighted by Crippen LogP contribution is -2.25. The number of benzene rings is 1. The Bertz CT molecular complexity index is 612. The van der Waals surface area contributed by atoms with Crippen LogP contribution in [0, 0.1) is 12.8 Å². The molecule has 1 N–H and O–H groups in total. The number of amides is 1. The van der Waals surface area contributed by atoms with E-state index < -0.39 is 0 Å². The van der Waals surface area contributed by atoms with E-state index >= 15 is 0 Å². The Labute approximate surface area is 124 Å². The van der Waals surface area contributed by atoms with Crippen LogP contribution in [0.25, 0.3) is 11.3 Å². The van der Waals surface area contributed by atoms with E-state index in [2.05, 4.69) is 17.2 Å². The number of carbonyl (C=O) groups is 1. The van der Waals surface area contributed by atoms with Crippen molar-refractivity contribution in [2.24, 2.45) is 5.92 Å². The summed E-state index contributed by atoms with van der Waals surface area (Å²) in [4.78, 5) is 15.9. The van der Waals surface area contributed by atoms with E-state index in [9.17, 15) is 4.79 Å². The van der Waals surface area contributed by atoms with Crippen LogP contribution in [0.1, 0.15) is 30.7 Å². The molecule has 3 rings (SSSR count). The molecule has 1 aliphatic carbocycles. The smallest absolute Gasteiger partial charge is 0.220 e. The molecule has 1 fully saturated rings. The zero-order valence-corrected chi connectivity index (χ0v) is 12.3. The lowest BCUT2D eigenvalue weighted by atomic mass is 10.1. The van der Waals surface area contributed by atoms with Crippen molar-refractivity contribution in [3.8, 4) is 11.3 Å². The molecule has 0 spiro atoms. The number of nitrogens with zero attached hydrogens (tertiary/aromatic N) is 1. The lowest BCUT2D eigenvalue weighted by molar-refractivity contribution is -0.121. The van der Waals surface area contributed by atoms with Gasteiger partial charge in [0.1, 0.15) is 0 Å². The van der Waals surface area contributed by atoms with Crippen LogP contribution in [0.3, 0.4) is 0 Å². The number of carbonyl (C=O) groups excluding carboxylic acids is 1. The average molecular weight is 284 g/mol. The van der Waals surface area contributed by atoms with Gasteiger partial charge in [0, 0.05) is 24.9 Å². The molecule has 21 heavy (non-hydrogen) atoms. The molecule has 0 bridgehead atoms. The molecule has 2 aromatic rings. The van der Waals surface area contributed by atoms with Crippen LogP contribution in [0.4, 0.5) is 0 Å². The van der Waals surface area contributed by atoms with E-state index in [1.807, 2.05) is 24.3 Å². The molecule has 0 saturated heterocycles. The van der Waals surface area contributed by atoms with Crippen molar-refractivity contribution < 1.29 is 9.21 Å². The quantitative estimate of drug-likeness (QED) is 0.886. The summed E-state index contributed by atoms with van der Waals surface area (Å²) in [6.45, 7) is 2.87. The first-order valence-corrected chi connectivity index (χ1v) is 7.49. The number of rotatable bonds is 6. The van der Waals surface area contributed by atoms with Crippen molar-refractivity contribution in [2.75, 3.05) is 6.54 Å². The Morgan fingerprint density at radius 2 is 2.10 bits per heavy atom. The maximum atomic E-state index is 11.7. The molecule has 0 aliphatic heterocycles. The van der Waals surface area contributed by atoms with E-state index in [4.69, 9.17) is 4.42 Å². The predicted molar refractivity (Wildman–Crippen MR) is 80.7 cm³/mol. The Morgan fingerprint density at radius 3 is 2.81 bits per heavy atom. The standard InChI is InChI=1S/C17H20N2O2/c1-12-2-6-14(7-3-12)15-11-19-17(21-15)9-8-16(20)18-10-13-4-5-13/h2-3,6-7,11,13H,4-5,8-10H2,1H3,(H,18,20). The number of nitrogens with one attached hydrogen (secondary N) is 1. The Hall–Kier alpha value is -2.10. The second kappa shape index (κ2) is 6.12. The topological polar surface area (TPSA) is 55.1 Å². The molecular formula is C17H20N2O2. The van der Waals surface area contributed by atoms with Crippen molar-refractivity contribution in [3.05, 3.63) is 41.9 Å². The summed E-state index contributed by atoms with van der Waals surface area (Å²) in [5.74, 6) is 2.16. The van der Waals surface area contributed by atoms with Crippen molar-refractivity contribution in [1.82, 2.24) is 10.3 Å². The predicted octanol–water partition coefficient (Wildman–Crippen LogP) is 3.11. The fourth-order valence-corrected chi connectivity index (χ4v) is 2.17. The molecule has 1 aliphatic rings. The van der Waals surface area contributed by atoms with Crippen molar-refractivity contribution in [2.45, 2.75) is 32.6 Å². The normalized spacial score (nSPS) is 14.1. The van der Waals surface area contributed by atoms with Crippen molar-refractivity contribution in [3.63, 3.8) is 0 Å². The molecule has 1 saturated carbocycles. The van der Waals surface area contributed by atoms with Crippen LogP contribution in [0.15, 0.2) is 34.9 Å². The monoisotopic (exact) mass is 284 g/mol. The van der Waals surface area contributed by atoms with Crippen LogP contribution >= 0.6 is 0 Å². The maximum absolute atomic E-state index is 11.7. The summed E-state index contributed by atoms with van der Waals surface area (Å²) >= 11 is 0. The molecule has 1 aromatic carbocycles. The summed E-state index contributed by atoms with van der Waals surface area (Å²) in [7, 11) is 0. The fourth-order valence-electron chi connectivity index (χ4n) is 2.17. The number of aryl methyl sites for hydroxylation is 2. The third-order valence-corrected chi connectivity index (χ3v) is 3.74. The first-order valence-electron chi connectivity index (χ1n) is 7.49. The molecule has 0 atom stereocenters. The summed E-state index contributed by atoms with van der Waals surface area (Å²) < 4.78 is 5.71. The molecule has 1 heterocycles. The van der Waals surface area contributed by atoms with Gasteiger partial charge in [0.25, 0.3) is 0 Å². The highest BCUT2D eigenvalue weighted by molar-refractivity contribution is 5.76. The molecule has 1 amide bonds. The summed E-state index contributed by atoms with van der Waals surface area (Å²) in [5.41, 5.74) is 2.23. The Kier molecular flexibility index (Phi) is 4.04. The molecule has 4 heteroatoms.